The van der Waals surface area contributed by atoms with Gasteiger partial charge in [-0.15, -0.1) is 0 Å². The molecular weight excluding hydrogens is 156 g/mol. The summed E-state index contributed by atoms with van der Waals surface area (Å²) in [5.41, 5.74) is 0. The van der Waals surface area contributed by atoms with E-state index in [0.29, 0.717) is 18.4 Å². The maximum atomic E-state index is 9.45. The fourth-order valence-electron chi connectivity index (χ4n) is 2.08. The highest BCUT2D eigenvalue weighted by Gasteiger charge is 2.47. The second-order valence-corrected chi connectivity index (χ2v) is 4.07. The first-order valence-corrected chi connectivity index (χ1v) is 4.61. The predicted molar refractivity (Wildman–Crippen MR) is 43.8 cm³/mol. The molecule has 2 rings (SSSR count). The van der Waals surface area contributed by atoms with Gasteiger partial charge in [-0.25, -0.2) is 0 Å². The Morgan fingerprint density at radius 2 is 1.83 bits per heavy atom. The van der Waals surface area contributed by atoms with Gasteiger partial charge in [-0.05, 0) is 5.92 Å². The number of ether oxygens (including phenoxy) is 2. The molecule has 2 heterocycles. The van der Waals surface area contributed by atoms with Crippen molar-refractivity contribution in [2.45, 2.75) is 32.2 Å². The van der Waals surface area contributed by atoms with Crippen LogP contribution < -0.4 is 0 Å². The Bertz CT molecular complexity index is 169. The number of hydrogen-bond donors (Lipinski definition) is 1. The van der Waals surface area contributed by atoms with E-state index in [1.807, 2.05) is 0 Å². The van der Waals surface area contributed by atoms with E-state index in [-0.39, 0.29) is 12.2 Å². The highest BCUT2D eigenvalue weighted by atomic mass is 16.6. The Labute approximate surface area is 72.7 Å². The molecule has 0 aromatic carbocycles. The smallest absolute Gasteiger partial charge is 0.112 e. The van der Waals surface area contributed by atoms with E-state index in [1.54, 1.807) is 0 Å². The van der Waals surface area contributed by atoms with Crippen molar-refractivity contribution >= 4 is 0 Å². The summed E-state index contributed by atoms with van der Waals surface area (Å²) >= 11 is 0. The molecule has 0 spiro atoms. The van der Waals surface area contributed by atoms with Gasteiger partial charge in [0.05, 0.1) is 19.3 Å². The van der Waals surface area contributed by atoms with Crippen molar-refractivity contribution in [1.82, 2.24) is 0 Å². The van der Waals surface area contributed by atoms with Crippen LogP contribution in [0.5, 0.6) is 0 Å². The van der Waals surface area contributed by atoms with Crippen LogP contribution in [0.15, 0.2) is 0 Å². The minimum atomic E-state index is -0.404. The summed E-state index contributed by atoms with van der Waals surface area (Å²) in [5.74, 6) is 1.04. The van der Waals surface area contributed by atoms with Crippen molar-refractivity contribution in [3.63, 3.8) is 0 Å². The zero-order valence-electron chi connectivity index (χ0n) is 7.56. The highest BCUT2D eigenvalue weighted by molar-refractivity contribution is 4.94. The summed E-state index contributed by atoms with van der Waals surface area (Å²) in [6.07, 6.45) is -0.323. The molecule has 2 fully saturated rings. The van der Waals surface area contributed by atoms with Gasteiger partial charge in [-0.2, -0.15) is 0 Å². The summed E-state index contributed by atoms with van der Waals surface area (Å²) in [6, 6.07) is 0. The molecule has 70 valence electrons. The van der Waals surface area contributed by atoms with E-state index in [0.717, 1.165) is 6.61 Å². The molecule has 3 nitrogen and oxygen atoms in total. The minimum absolute atomic E-state index is 0.0580. The summed E-state index contributed by atoms with van der Waals surface area (Å²) in [5, 5.41) is 9.45. The van der Waals surface area contributed by atoms with Crippen LogP contribution in [0.25, 0.3) is 0 Å². The Hall–Kier alpha value is -0.120. The molecule has 1 N–H and O–H groups in total. The lowest BCUT2D eigenvalue weighted by molar-refractivity contribution is 0.0153. The van der Waals surface area contributed by atoms with Gasteiger partial charge in [0, 0.05) is 5.92 Å². The third kappa shape index (κ3) is 1.16. The van der Waals surface area contributed by atoms with Crippen molar-refractivity contribution in [3.05, 3.63) is 0 Å². The molecule has 0 radical (unpaired) electrons. The third-order valence-electron chi connectivity index (χ3n) is 2.92. The number of aliphatic hydroxyl groups is 1. The predicted octanol–water partition coefficient (Wildman–Crippen LogP) is 0.417. The van der Waals surface area contributed by atoms with Crippen LogP contribution >= 0.6 is 0 Å². The second-order valence-electron chi connectivity index (χ2n) is 4.07. The van der Waals surface area contributed by atoms with Crippen molar-refractivity contribution in [1.29, 1.82) is 0 Å². The van der Waals surface area contributed by atoms with Gasteiger partial charge >= 0.3 is 0 Å². The summed E-state index contributed by atoms with van der Waals surface area (Å²) < 4.78 is 11.0. The first-order chi connectivity index (χ1) is 5.70. The largest absolute Gasteiger partial charge is 0.388 e. The molecule has 0 aromatic rings. The Balaban J connectivity index is 2.05. The molecule has 0 saturated carbocycles. The monoisotopic (exact) mass is 172 g/mol. The fourth-order valence-corrected chi connectivity index (χ4v) is 2.08. The highest BCUT2D eigenvalue weighted by Crippen LogP contribution is 2.34. The molecule has 0 amide bonds. The van der Waals surface area contributed by atoms with Gasteiger partial charge in [-0.1, -0.05) is 13.8 Å². The molecule has 4 atom stereocenters. The van der Waals surface area contributed by atoms with Gasteiger partial charge in [0.25, 0.3) is 0 Å². The van der Waals surface area contributed by atoms with Crippen LogP contribution in [0.4, 0.5) is 0 Å². The molecule has 0 unspecified atom stereocenters. The zero-order chi connectivity index (χ0) is 8.72. The van der Waals surface area contributed by atoms with E-state index in [1.165, 1.54) is 0 Å². The van der Waals surface area contributed by atoms with Crippen molar-refractivity contribution in [2.75, 3.05) is 13.2 Å². The lowest BCUT2D eigenvalue weighted by Gasteiger charge is -2.18. The van der Waals surface area contributed by atoms with Crippen molar-refractivity contribution in [2.24, 2.45) is 11.8 Å². The molecule has 3 heteroatoms. The normalized spacial score (nSPS) is 47.0. The van der Waals surface area contributed by atoms with Crippen LogP contribution in [0, 0.1) is 11.8 Å². The van der Waals surface area contributed by atoms with Crippen LogP contribution in [0.1, 0.15) is 13.8 Å². The standard InChI is InChI=1S/C9H16O3/c1-5(2)6-3-11-9-7(10)4-12-8(6)9/h5-10H,3-4H2,1-2H3/t6-,7+,8+,9+/m1/s1. The van der Waals surface area contributed by atoms with Crippen LogP contribution in [0.3, 0.4) is 0 Å². The molecule has 0 bridgehead atoms. The molecular formula is C9H16O3. The first-order valence-electron chi connectivity index (χ1n) is 4.61. The van der Waals surface area contributed by atoms with Gasteiger partial charge in [0.2, 0.25) is 0 Å². The maximum Gasteiger partial charge on any atom is 0.112 e. The SMILES string of the molecule is CC(C)[C@H]1CO[C@@H]2[C@H]1OC[C@@H]2O. The topological polar surface area (TPSA) is 38.7 Å². The number of fused-ring (bicyclic) bond motifs is 1. The second kappa shape index (κ2) is 2.98. The number of rotatable bonds is 1. The molecule has 0 aliphatic carbocycles. The number of aliphatic hydroxyl groups excluding tert-OH is 1. The summed E-state index contributed by atoms with van der Waals surface area (Å²) in [4.78, 5) is 0. The van der Waals surface area contributed by atoms with Crippen LogP contribution in [-0.4, -0.2) is 36.6 Å². The van der Waals surface area contributed by atoms with E-state index < -0.39 is 6.10 Å². The fraction of sp³-hybridized carbons (Fsp3) is 1.00. The van der Waals surface area contributed by atoms with E-state index in [9.17, 15) is 5.11 Å². The lowest BCUT2D eigenvalue weighted by atomic mass is 9.90. The average Bonchev–Trinajstić information content (AvgIpc) is 2.53. The Kier molecular flexibility index (Phi) is 2.10. The number of hydrogen-bond acceptors (Lipinski definition) is 3. The first kappa shape index (κ1) is 8.48. The Morgan fingerprint density at radius 1 is 1.17 bits per heavy atom. The molecule has 2 saturated heterocycles. The van der Waals surface area contributed by atoms with Crippen LogP contribution in [-0.2, 0) is 9.47 Å². The van der Waals surface area contributed by atoms with Crippen molar-refractivity contribution in [3.8, 4) is 0 Å². The molecule has 0 aromatic heterocycles. The quantitative estimate of drug-likeness (QED) is 0.623. The third-order valence-corrected chi connectivity index (χ3v) is 2.92. The van der Waals surface area contributed by atoms with E-state index in [4.69, 9.17) is 9.47 Å². The van der Waals surface area contributed by atoms with E-state index in [2.05, 4.69) is 13.8 Å². The average molecular weight is 172 g/mol. The lowest BCUT2D eigenvalue weighted by Crippen LogP contribution is -2.30. The molecule has 2 aliphatic rings. The van der Waals surface area contributed by atoms with Gasteiger partial charge in [0.1, 0.15) is 12.2 Å². The summed E-state index contributed by atoms with van der Waals surface area (Å²) in [7, 11) is 0. The Morgan fingerprint density at radius 3 is 2.50 bits per heavy atom. The summed E-state index contributed by atoms with van der Waals surface area (Å²) in [6.45, 7) is 5.53. The zero-order valence-corrected chi connectivity index (χ0v) is 7.56. The molecule has 2 aliphatic heterocycles. The van der Waals surface area contributed by atoms with Crippen molar-refractivity contribution < 1.29 is 14.6 Å². The van der Waals surface area contributed by atoms with E-state index >= 15 is 0 Å². The molecule has 12 heavy (non-hydrogen) atoms. The van der Waals surface area contributed by atoms with Gasteiger partial charge in [0.15, 0.2) is 0 Å². The maximum absolute atomic E-state index is 9.45. The minimum Gasteiger partial charge on any atom is -0.388 e. The van der Waals surface area contributed by atoms with Gasteiger partial charge < -0.3 is 14.6 Å². The van der Waals surface area contributed by atoms with Crippen LogP contribution in [0.2, 0.25) is 0 Å². The van der Waals surface area contributed by atoms with Gasteiger partial charge in [-0.3, -0.25) is 0 Å².